The van der Waals surface area contributed by atoms with E-state index in [2.05, 4.69) is 143 Å². The summed E-state index contributed by atoms with van der Waals surface area (Å²) >= 11 is 1.81. The summed E-state index contributed by atoms with van der Waals surface area (Å²) in [7, 11) is 0. The Morgan fingerprint density at radius 3 is 1.76 bits per heavy atom. The van der Waals surface area contributed by atoms with Crippen LogP contribution < -0.4 is 0 Å². The van der Waals surface area contributed by atoms with Gasteiger partial charge in [0.25, 0.3) is 0 Å². The van der Waals surface area contributed by atoms with E-state index >= 15 is 0 Å². The van der Waals surface area contributed by atoms with Crippen molar-refractivity contribution in [2.45, 2.75) is 0 Å². The van der Waals surface area contributed by atoms with Crippen LogP contribution in [0.5, 0.6) is 0 Å². The van der Waals surface area contributed by atoms with Gasteiger partial charge in [-0.15, -0.1) is 11.3 Å². The van der Waals surface area contributed by atoms with Crippen LogP contribution in [0.3, 0.4) is 0 Å². The number of fused-ring (bicyclic) bond motifs is 5. The van der Waals surface area contributed by atoms with Gasteiger partial charge in [-0.2, -0.15) is 0 Å². The van der Waals surface area contributed by atoms with Crippen molar-refractivity contribution < 1.29 is 0 Å². The highest BCUT2D eigenvalue weighted by Gasteiger charge is 2.16. The maximum absolute atomic E-state index is 5.07. The van der Waals surface area contributed by atoms with E-state index < -0.39 is 0 Å². The van der Waals surface area contributed by atoms with Gasteiger partial charge in [-0.25, -0.2) is 9.97 Å². The molecule has 0 amide bonds. The van der Waals surface area contributed by atoms with Crippen LogP contribution in [0.1, 0.15) is 0 Å². The van der Waals surface area contributed by atoms with Crippen LogP contribution in [0.2, 0.25) is 0 Å². The Labute approximate surface area is 270 Å². The van der Waals surface area contributed by atoms with Gasteiger partial charge in [-0.3, -0.25) is 0 Å². The molecule has 0 aliphatic heterocycles. The first-order valence-electron chi connectivity index (χ1n) is 15.4. The molecular formula is C42H27N3S. The summed E-state index contributed by atoms with van der Waals surface area (Å²) in [4.78, 5) is 10.1. The van der Waals surface area contributed by atoms with Gasteiger partial charge in [0.2, 0.25) is 0 Å². The molecule has 0 unspecified atom stereocenters. The smallest absolute Gasteiger partial charge is 0.160 e. The molecule has 9 rings (SSSR count). The zero-order valence-corrected chi connectivity index (χ0v) is 25.7. The van der Waals surface area contributed by atoms with Crippen molar-refractivity contribution in [3.05, 3.63) is 163 Å². The SMILES string of the molecule is c1ccc(-c2ccc(-c3cc(-c4ccc(-n5c6ccccc6c6c7sccc7ccc65)cc4)nc(-c4ccccc4)n3)cc2)cc1. The van der Waals surface area contributed by atoms with Gasteiger partial charge in [-0.05, 0) is 58.3 Å². The molecule has 9 aromatic rings. The molecule has 0 spiro atoms. The maximum atomic E-state index is 5.07. The Bertz CT molecular complexity index is 2490. The maximum Gasteiger partial charge on any atom is 0.160 e. The summed E-state index contributed by atoms with van der Waals surface area (Å²) in [6.45, 7) is 0. The third-order valence-electron chi connectivity index (χ3n) is 8.72. The van der Waals surface area contributed by atoms with E-state index in [1.165, 1.54) is 43.0 Å². The second-order valence-electron chi connectivity index (χ2n) is 11.5. The van der Waals surface area contributed by atoms with Crippen LogP contribution in [0.25, 0.3) is 82.6 Å². The van der Waals surface area contributed by atoms with Crippen LogP contribution in [-0.2, 0) is 0 Å². The number of hydrogen-bond acceptors (Lipinski definition) is 3. The summed E-state index contributed by atoms with van der Waals surface area (Å²) in [6, 6.07) is 55.6. The summed E-state index contributed by atoms with van der Waals surface area (Å²) in [5.74, 6) is 0.715. The van der Waals surface area contributed by atoms with Crippen molar-refractivity contribution in [1.29, 1.82) is 0 Å². The summed E-state index contributed by atoms with van der Waals surface area (Å²) < 4.78 is 3.71. The van der Waals surface area contributed by atoms with E-state index in [4.69, 9.17) is 9.97 Å². The molecule has 0 atom stereocenters. The van der Waals surface area contributed by atoms with Gasteiger partial charge in [0.1, 0.15) is 0 Å². The van der Waals surface area contributed by atoms with Crippen LogP contribution in [-0.4, -0.2) is 14.5 Å². The Balaban J connectivity index is 1.15. The van der Waals surface area contributed by atoms with Gasteiger partial charge in [-0.1, -0.05) is 121 Å². The predicted molar refractivity (Wildman–Crippen MR) is 193 cm³/mol. The minimum Gasteiger partial charge on any atom is -0.309 e. The highest BCUT2D eigenvalue weighted by atomic mass is 32.1. The molecule has 0 aliphatic carbocycles. The molecule has 216 valence electrons. The number of thiophene rings is 1. The molecule has 3 heterocycles. The van der Waals surface area contributed by atoms with E-state index in [-0.39, 0.29) is 0 Å². The van der Waals surface area contributed by atoms with Crippen molar-refractivity contribution in [3.63, 3.8) is 0 Å². The monoisotopic (exact) mass is 605 g/mol. The molecule has 0 saturated heterocycles. The van der Waals surface area contributed by atoms with Gasteiger partial charge >= 0.3 is 0 Å². The summed E-state index contributed by atoms with van der Waals surface area (Å²) in [5.41, 5.74) is 10.8. The van der Waals surface area contributed by atoms with Crippen LogP contribution in [0.4, 0.5) is 0 Å². The number of rotatable bonds is 5. The standard InChI is InChI=1S/C42H27N3S/c1-3-9-28(10-4-1)29-15-17-30(18-16-29)36-27-37(44-42(43-36)33-11-5-2-6-12-33)31-19-22-34(23-20-31)45-38-14-8-7-13-35(38)40-39(45)24-21-32-25-26-46-41(32)40/h1-27H. The van der Waals surface area contributed by atoms with Crippen molar-refractivity contribution >= 4 is 43.2 Å². The molecule has 0 N–H and O–H groups in total. The minimum absolute atomic E-state index is 0.715. The van der Waals surface area contributed by atoms with Crippen molar-refractivity contribution in [3.8, 4) is 50.7 Å². The lowest BCUT2D eigenvalue weighted by Gasteiger charge is -2.12. The van der Waals surface area contributed by atoms with Crippen molar-refractivity contribution in [2.75, 3.05) is 0 Å². The lowest BCUT2D eigenvalue weighted by molar-refractivity contribution is 1.17. The molecule has 3 nitrogen and oxygen atoms in total. The number of hydrogen-bond donors (Lipinski definition) is 0. The largest absolute Gasteiger partial charge is 0.309 e. The minimum atomic E-state index is 0.715. The van der Waals surface area contributed by atoms with E-state index in [1.807, 2.05) is 35.6 Å². The number of benzene rings is 6. The number of nitrogens with zero attached hydrogens (tertiary/aromatic N) is 3. The second kappa shape index (κ2) is 11.0. The molecule has 46 heavy (non-hydrogen) atoms. The van der Waals surface area contributed by atoms with Crippen LogP contribution in [0.15, 0.2) is 163 Å². The van der Waals surface area contributed by atoms with Crippen LogP contribution >= 0.6 is 11.3 Å². The average Bonchev–Trinajstić information content (AvgIpc) is 3.75. The van der Waals surface area contributed by atoms with Crippen LogP contribution in [0, 0.1) is 0 Å². The Hall–Kier alpha value is -5.84. The average molecular weight is 606 g/mol. The highest BCUT2D eigenvalue weighted by molar-refractivity contribution is 7.18. The first-order valence-corrected chi connectivity index (χ1v) is 16.3. The quantitative estimate of drug-likeness (QED) is 0.195. The molecule has 0 fully saturated rings. The molecule has 6 aromatic carbocycles. The molecule has 4 heteroatoms. The fourth-order valence-electron chi connectivity index (χ4n) is 6.46. The van der Waals surface area contributed by atoms with Gasteiger partial charge in [0, 0.05) is 37.9 Å². The van der Waals surface area contributed by atoms with Gasteiger partial charge in [0.05, 0.1) is 22.4 Å². The van der Waals surface area contributed by atoms with E-state index in [0.29, 0.717) is 5.82 Å². The molecule has 3 aromatic heterocycles. The fraction of sp³-hybridized carbons (Fsp3) is 0. The predicted octanol–water partition coefficient (Wildman–Crippen LogP) is 11.5. The number of aromatic nitrogens is 3. The highest BCUT2D eigenvalue weighted by Crippen LogP contribution is 2.39. The van der Waals surface area contributed by atoms with Gasteiger partial charge in [0.15, 0.2) is 5.82 Å². The topological polar surface area (TPSA) is 30.7 Å². The normalized spacial score (nSPS) is 11.5. The first-order chi connectivity index (χ1) is 22.8. The fourth-order valence-corrected chi connectivity index (χ4v) is 7.42. The zero-order valence-electron chi connectivity index (χ0n) is 24.8. The lowest BCUT2D eigenvalue weighted by atomic mass is 10.0. The van der Waals surface area contributed by atoms with Crippen molar-refractivity contribution in [2.24, 2.45) is 0 Å². The molecule has 0 aliphatic rings. The second-order valence-corrected chi connectivity index (χ2v) is 12.4. The third-order valence-corrected chi connectivity index (χ3v) is 9.67. The molecule has 0 bridgehead atoms. The Morgan fingerprint density at radius 1 is 0.457 bits per heavy atom. The number of para-hydroxylation sites is 1. The summed E-state index contributed by atoms with van der Waals surface area (Å²) in [5, 5.41) is 6.07. The van der Waals surface area contributed by atoms with E-state index in [9.17, 15) is 0 Å². The zero-order chi connectivity index (χ0) is 30.5. The molecule has 0 saturated carbocycles. The first kappa shape index (κ1) is 26.6. The molecular weight excluding hydrogens is 579 g/mol. The third kappa shape index (κ3) is 4.50. The van der Waals surface area contributed by atoms with Crippen molar-refractivity contribution in [1.82, 2.24) is 14.5 Å². The lowest BCUT2D eigenvalue weighted by Crippen LogP contribution is -1.97. The van der Waals surface area contributed by atoms with E-state index in [0.717, 1.165) is 33.8 Å². The Kier molecular flexibility index (Phi) is 6.32. The van der Waals surface area contributed by atoms with Gasteiger partial charge < -0.3 is 4.57 Å². The molecule has 0 radical (unpaired) electrons. The summed E-state index contributed by atoms with van der Waals surface area (Å²) in [6.07, 6.45) is 0. The Morgan fingerprint density at radius 2 is 1.04 bits per heavy atom. The van der Waals surface area contributed by atoms with E-state index in [1.54, 1.807) is 0 Å².